The molecule has 1 aliphatic rings. The van der Waals surface area contributed by atoms with Crippen LogP contribution < -0.4 is 5.32 Å². The molecule has 2 aromatic rings. The van der Waals surface area contributed by atoms with Gasteiger partial charge in [0.15, 0.2) is 0 Å². The quantitative estimate of drug-likeness (QED) is 0.654. The van der Waals surface area contributed by atoms with E-state index < -0.39 is 36.6 Å². The molecule has 3 rings (SSSR count). The summed E-state index contributed by atoms with van der Waals surface area (Å²) in [6, 6.07) is 1.72. The van der Waals surface area contributed by atoms with Gasteiger partial charge in [0.05, 0.1) is 31.0 Å². The van der Waals surface area contributed by atoms with Crippen LogP contribution in [0.1, 0.15) is 35.1 Å². The number of hydrogen-bond acceptors (Lipinski definition) is 8. The summed E-state index contributed by atoms with van der Waals surface area (Å²) in [5.41, 5.74) is -1.51. The zero-order valence-corrected chi connectivity index (χ0v) is 16.7. The molecule has 1 fully saturated rings. The lowest BCUT2D eigenvalue weighted by atomic mass is 10.1. The number of ether oxygens (including phenoxy) is 2. The highest BCUT2D eigenvalue weighted by Crippen LogP contribution is 2.28. The fourth-order valence-electron chi connectivity index (χ4n) is 2.83. The molecule has 14 heteroatoms. The van der Waals surface area contributed by atoms with E-state index in [-0.39, 0.29) is 30.4 Å². The Morgan fingerprint density at radius 3 is 2.81 bits per heavy atom. The molecular formula is C17H20F3N7O4. The minimum Gasteiger partial charge on any atom is -0.442 e. The number of nitrogens with zero attached hydrogens (tertiary/aromatic N) is 6. The smallest absolute Gasteiger partial charge is 0.433 e. The highest BCUT2D eigenvalue weighted by atomic mass is 19.4. The standard InChI is InChI=1S/C17H20F3N7O4/c1-3-6-27-15(23-24-25-27)22-14(28)11-4-5-13(17(18,19)20)21-12(11)9-30-8-10-7-26(2)16(29)31-10/h4-5,10H,3,6-9H2,1-2H3,(H,22,23,25,28)/t10-/m1/s1. The molecule has 0 aromatic carbocycles. The van der Waals surface area contributed by atoms with Crippen molar-refractivity contribution in [2.75, 3.05) is 25.5 Å². The summed E-state index contributed by atoms with van der Waals surface area (Å²) >= 11 is 0. The Bertz CT molecular complexity index is 950. The molecular weight excluding hydrogens is 423 g/mol. The monoisotopic (exact) mass is 443 g/mol. The van der Waals surface area contributed by atoms with E-state index in [1.165, 1.54) is 9.58 Å². The first kappa shape index (κ1) is 22.4. The van der Waals surface area contributed by atoms with Crippen LogP contribution in [0, 0.1) is 0 Å². The van der Waals surface area contributed by atoms with Gasteiger partial charge in [-0.25, -0.2) is 14.5 Å². The Balaban J connectivity index is 1.76. The number of hydrogen-bond donors (Lipinski definition) is 1. The summed E-state index contributed by atoms with van der Waals surface area (Å²) in [5.74, 6) is -0.682. The molecule has 0 radical (unpaired) electrons. The van der Waals surface area contributed by atoms with Gasteiger partial charge < -0.3 is 14.4 Å². The molecule has 168 valence electrons. The summed E-state index contributed by atoms with van der Waals surface area (Å²) in [5, 5.41) is 13.4. The molecule has 0 aliphatic carbocycles. The van der Waals surface area contributed by atoms with Gasteiger partial charge >= 0.3 is 12.3 Å². The van der Waals surface area contributed by atoms with Gasteiger partial charge in [-0.1, -0.05) is 12.0 Å². The number of amides is 2. The maximum atomic E-state index is 13.1. The SMILES string of the molecule is CCCn1nnnc1NC(=O)c1ccc(C(F)(F)F)nc1COC[C@H]1CN(C)C(=O)O1. The van der Waals surface area contributed by atoms with Crippen LogP contribution in [0.15, 0.2) is 12.1 Å². The Hall–Kier alpha value is -3.29. The molecule has 0 bridgehead atoms. The van der Waals surface area contributed by atoms with E-state index in [1.807, 2.05) is 6.92 Å². The van der Waals surface area contributed by atoms with Gasteiger partial charge in [0.2, 0.25) is 5.95 Å². The number of pyridine rings is 1. The van der Waals surface area contributed by atoms with Crippen LogP contribution in [0.2, 0.25) is 0 Å². The number of halogens is 3. The number of tetrazole rings is 1. The van der Waals surface area contributed by atoms with Crippen LogP contribution in [0.3, 0.4) is 0 Å². The van der Waals surface area contributed by atoms with Crippen LogP contribution in [0.4, 0.5) is 23.9 Å². The number of carbonyl (C=O) groups excluding carboxylic acids is 2. The molecule has 3 heterocycles. The third-order valence-electron chi connectivity index (χ3n) is 4.30. The van der Waals surface area contributed by atoms with E-state index in [4.69, 9.17) is 9.47 Å². The number of alkyl halides is 3. The van der Waals surface area contributed by atoms with Crippen LogP contribution in [0.25, 0.3) is 0 Å². The lowest BCUT2D eigenvalue weighted by Crippen LogP contribution is -2.23. The van der Waals surface area contributed by atoms with Gasteiger partial charge in [-0.05, 0) is 29.0 Å². The maximum Gasteiger partial charge on any atom is 0.433 e. The molecule has 0 saturated carbocycles. The number of aromatic nitrogens is 5. The second-order valence-electron chi connectivity index (χ2n) is 6.77. The number of anilines is 1. The Morgan fingerprint density at radius 2 is 2.16 bits per heavy atom. The number of likely N-dealkylation sites (N-methyl/N-ethyl adjacent to an activating group) is 1. The molecule has 1 aliphatic heterocycles. The van der Waals surface area contributed by atoms with E-state index in [0.717, 1.165) is 6.07 Å². The van der Waals surface area contributed by atoms with Crippen LogP contribution >= 0.6 is 0 Å². The Kier molecular flexibility index (Phi) is 6.68. The van der Waals surface area contributed by atoms with Crippen molar-refractivity contribution in [1.82, 2.24) is 30.1 Å². The van der Waals surface area contributed by atoms with Gasteiger partial charge in [-0.3, -0.25) is 10.1 Å². The number of aryl methyl sites for hydroxylation is 1. The van der Waals surface area contributed by atoms with Crippen LogP contribution in [-0.2, 0) is 28.8 Å². The zero-order chi connectivity index (χ0) is 22.6. The fraction of sp³-hybridized carbons (Fsp3) is 0.529. The van der Waals surface area contributed by atoms with Gasteiger partial charge in [-0.2, -0.15) is 13.2 Å². The highest BCUT2D eigenvalue weighted by Gasteiger charge is 2.34. The largest absolute Gasteiger partial charge is 0.442 e. The molecule has 2 aromatic heterocycles. The van der Waals surface area contributed by atoms with E-state index in [9.17, 15) is 22.8 Å². The third kappa shape index (κ3) is 5.45. The molecule has 0 spiro atoms. The van der Waals surface area contributed by atoms with Crippen LogP contribution in [0.5, 0.6) is 0 Å². The molecule has 1 N–H and O–H groups in total. The van der Waals surface area contributed by atoms with E-state index in [2.05, 4.69) is 25.8 Å². The molecule has 1 atom stereocenters. The van der Waals surface area contributed by atoms with E-state index >= 15 is 0 Å². The first-order chi connectivity index (χ1) is 14.7. The number of cyclic esters (lactones) is 1. The lowest BCUT2D eigenvalue weighted by Gasteiger charge is -2.14. The number of nitrogens with one attached hydrogen (secondary N) is 1. The summed E-state index contributed by atoms with van der Waals surface area (Å²) in [6.45, 7) is 2.15. The van der Waals surface area contributed by atoms with Gasteiger partial charge in [0.25, 0.3) is 5.91 Å². The average Bonchev–Trinajstić information content (AvgIpc) is 3.27. The van der Waals surface area contributed by atoms with Gasteiger partial charge in [-0.15, -0.1) is 0 Å². The first-order valence-corrected chi connectivity index (χ1v) is 9.33. The van der Waals surface area contributed by atoms with E-state index in [0.29, 0.717) is 19.0 Å². The Morgan fingerprint density at radius 1 is 1.39 bits per heavy atom. The van der Waals surface area contributed by atoms with Crippen molar-refractivity contribution in [2.45, 2.75) is 38.8 Å². The zero-order valence-electron chi connectivity index (χ0n) is 16.7. The fourth-order valence-corrected chi connectivity index (χ4v) is 2.83. The van der Waals surface area contributed by atoms with Crippen molar-refractivity contribution >= 4 is 17.9 Å². The maximum absolute atomic E-state index is 13.1. The second-order valence-corrected chi connectivity index (χ2v) is 6.77. The molecule has 1 saturated heterocycles. The van der Waals surface area contributed by atoms with Crippen molar-refractivity contribution in [3.05, 3.63) is 29.1 Å². The normalized spacial score (nSPS) is 16.5. The third-order valence-corrected chi connectivity index (χ3v) is 4.30. The average molecular weight is 443 g/mol. The minimum atomic E-state index is -4.70. The lowest BCUT2D eigenvalue weighted by molar-refractivity contribution is -0.141. The number of rotatable bonds is 8. The molecule has 31 heavy (non-hydrogen) atoms. The summed E-state index contributed by atoms with van der Waals surface area (Å²) in [6.07, 6.45) is -5.08. The summed E-state index contributed by atoms with van der Waals surface area (Å²) in [7, 11) is 1.55. The topological polar surface area (TPSA) is 124 Å². The van der Waals surface area contributed by atoms with Gasteiger partial charge in [0.1, 0.15) is 11.8 Å². The molecule has 11 nitrogen and oxygen atoms in total. The first-order valence-electron chi connectivity index (χ1n) is 9.33. The highest BCUT2D eigenvalue weighted by molar-refractivity contribution is 6.04. The van der Waals surface area contributed by atoms with Crippen molar-refractivity contribution in [3.8, 4) is 0 Å². The Labute approximate surface area is 174 Å². The van der Waals surface area contributed by atoms with Crippen molar-refractivity contribution in [1.29, 1.82) is 0 Å². The van der Waals surface area contributed by atoms with Crippen LogP contribution in [-0.4, -0.2) is 68.4 Å². The predicted molar refractivity (Wildman–Crippen MR) is 97.9 cm³/mol. The second kappa shape index (κ2) is 9.24. The molecule has 2 amide bonds. The van der Waals surface area contributed by atoms with Crippen molar-refractivity contribution < 1.29 is 32.2 Å². The molecule has 0 unspecified atom stereocenters. The van der Waals surface area contributed by atoms with Crippen molar-refractivity contribution in [2.24, 2.45) is 0 Å². The van der Waals surface area contributed by atoms with Gasteiger partial charge in [0, 0.05) is 13.6 Å². The van der Waals surface area contributed by atoms with Crippen molar-refractivity contribution in [3.63, 3.8) is 0 Å². The van der Waals surface area contributed by atoms with E-state index in [1.54, 1.807) is 7.05 Å². The minimum absolute atomic E-state index is 0.0551. The summed E-state index contributed by atoms with van der Waals surface area (Å²) in [4.78, 5) is 29.0. The predicted octanol–water partition coefficient (Wildman–Crippen LogP) is 1.72. The summed E-state index contributed by atoms with van der Waals surface area (Å²) < 4.78 is 51.1. The number of carbonyl (C=O) groups is 2.